The van der Waals surface area contributed by atoms with Crippen LogP contribution in [0.3, 0.4) is 0 Å². The number of amidine groups is 1. The summed E-state index contributed by atoms with van der Waals surface area (Å²) in [6.07, 6.45) is 2.18. The minimum Gasteiger partial charge on any atom is -0.508 e. The summed E-state index contributed by atoms with van der Waals surface area (Å²) < 4.78 is 2.04. The van der Waals surface area contributed by atoms with E-state index in [-0.39, 0.29) is 11.6 Å². The second-order valence-electron chi connectivity index (χ2n) is 5.90. The Bertz CT molecular complexity index is 1010. The minimum atomic E-state index is -0.402. The van der Waals surface area contributed by atoms with E-state index in [0.29, 0.717) is 34.7 Å². The monoisotopic (exact) mass is 418 g/mol. The van der Waals surface area contributed by atoms with E-state index in [1.54, 1.807) is 24.3 Å². The third-order valence-electron chi connectivity index (χ3n) is 3.87. The molecule has 0 spiro atoms. The van der Waals surface area contributed by atoms with Crippen molar-refractivity contribution in [1.82, 2.24) is 19.5 Å². The van der Waals surface area contributed by atoms with Gasteiger partial charge in [-0.3, -0.25) is 4.57 Å². The normalized spacial score (nSPS) is 12.0. The van der Waals surface area contributed by atoms with Crippen molar-refractivity contribution in [3.05, 3.63) is 45.0 Å². The third kappa shape index (κ3) is 3.93. The molecule has 136 valence electrons. The van der Waals surface area contributed by atoms with Crippen molar-refractivity contribution in [2.75, 3.05) is 0 Å². The highest BCUT2D eigenvalue weighted by Crippen LogP contribution is 2.22. The number of phenols is 1. The van der Waals surface area contributed by atoms with Gasteiger partial charge in [-0.15, -0.1) is 0 Å². The Kier molecular flexibility index (Phi) is 5.36. The van der Waals surface area contributed by atoms with Crippen LogP contribution in [0, 0.1) is 0 Å². The fraction of sp³-hybridized carbons (Fsp3) is 0.294. The smallest absolute Gasteiger partial charge is 0.351 e. The number of nitrogens with zero attached hydrogens (tertiary/aromatic N) is 4. The van der Waals surface area contributed by atoms with E-state index < -0.39 is 5.69 Å². The van der Waals surface area contributed by atoms with Gasteiger partial charge < -0.3 is 15.8 Å². The molecule has 8 nitrogen and oxygen atoms in total. The van der Waals surface area contributed by atoms with E-state index in [1.165, 1.54) is 4.57 Å². The Morgan fingerprint density at radius 3 is 2.77 bits per heavy atom. The van der Waals surface area contributed by atoms with Gasteiger partial charge in [0.05, 0.1) is 0 Å². The van der Waals surface area contributed by atoms with Gasteiger partial charge in [-0.05, 0) is 40.0 Å². The lowest BCUT2D eigenvalue weighted by Gasteiger charge is -2.07. The van der Waals surface area contributed by atoms with E-state index in [0.717, 1.165) is 18.4 Å². The van der Waals surface area contributed by atoms with Crippen LogP contribution in [0.15, 0.2) is 38.8 Å². The van der Waals surface area contributed by atoms with Crippen molar-refractivity contribution in [3.63, 3.8) is 0 Å². The maximum atomic E-state index is 12.4. The first-order valence-corrected chi connectivity index (χ1v) is 9.04. The fourth-order valence-corrected chi connectivity index (χ4v) is 2.95. The van der Waals surface area contributed by atoms with Crippen LogP contribution in [0.1, 0.15) is 25.3 Å². The molecule has 0 saturated carbocycles. The fourth-order valence-electron chi connectivity index (χ4n) is 2.58. The number of aromatic hydroxyl groups is 1. The van der Waals surface area contributed by atoms with Crippen LogP contribution in [0.4, 0.5) is 5.82 Å². The zero-order valence-electron chi connectivity index (χ0n) is 14.2. The Labute approximate surface area is 157 Å². The van der Waals surface area contributed by atoms with Gasteiger partial charge in [-0.1, -0.05) is 25.5 Å². The molecule has 0 saturated heterocycles. The number of hydrogen-bond acceptors (Lipinski definition) is 5. The second kappa shape index (κ2) is 7.69. The molecule has 1 aromatic carbocycles. The van der Waals surface area contributed by atoms with Gasteiger partial charge in [-0.2, -0.15) is 4.98 Å². The number of aryl methyl sites for hydroxylation is 1. The molecule has 0 bridgehead atoms. The molecule has 9 heteroatoms. The molecule has 2 aromatic heterocycles. The van der Waals surface area contributed by atoms with Crippen LogP contribution >= 0.6 is 15.9 Å². The number of nitrogens with one attached hydrogen (secondary N) is 1. The third-order valence-corrected chi connectivity index (χ3v) is 4.25. The number of nitrogens with two attached hydrogens (primary N) is 1. The largest absolute Gasteiger partial charge is 0.508 e. The maximum absolute atomic E-state index is 12.4. The van der Waals surface area contributed by atoms with Crippen molar-refractivity contribution < 1.29 is 5.11 Å². The number of H-pyrrole nitrogens is 1. The molecule has 0 fully saturated rings. The van der Waals surface area contributed by atoms with E-state index >= 15 is 0 Å². The summed E-state index contributed by atoms with van der Waals surface area (Å²) in [6.45, 7) is 2.60. The van der Waals surface area contributed by atoms with Crippen molar-refractivity contribution in [3.8, 4) is 5.75 Å². The number of aromatic nitrogens is 4. The van der Waals surface area contributed by atoms with Crippen LogP contribution in [0.5, 0.6) is 5.75 Å². The summed E-state index contributed by atoms with van der Waals surface area (Å²) in [4.78, 5) is 28.1. The first-order valence-electron chi connectivity index (χ1n) is 8.25. The Morgan fingerprint density at radius 2 is 2.08 bits per heavy atom. The number of imidazole rings is 1. The van der Waals surface area contributed by atoms with Gasteiger partial charge >= 0.3 is 5.69 Å². The van der Waals surface area contributed by atoms with E-state index in [1.807, 2.05) is 0 Å². The number of phenolic OH excluding ortho intramolecular Hbond substituents is 1. The SMILES string of the molecule is CCCCn1c(=O)nc(N=C(N)Cc2ccc(O)cc2)c2[nH]c(Br)nc21. The summed E-state index contributed by atoms with van der Waals surface area (Å²) in [5.74, 6) is 0.707. The summed E-state index contributed by atoms with van der Waals surface area (Å²) in [5, 5.41) is 9.34. The highest BCUT2D eigenvalue weighted by Gasteiger charge is 2.14. The van der Waals surface area contributed by atoms with Crippen LogP contribution < -0.4 is 11.4 Å². The maximum Gasteiger partial charge on any atom is 0.351 e. The lowest BCUT2D eigenvalue weighted by Crippen LogP contribution is -2.24. The molecule has 0 aliphatic heterocycles. The van der Waals surface area contributed by atoms with E-state index in [9.17, 15) is 9.90 Å². The molecule has 26 heavy (non-hydrogen) atoms. The van der Waals surface area contributed by atoms with Gasteiger partial charge in [0.15, 0.2) is 16.2 Å². The van der Waals surface area contributed by atoms with Crippen LogP contribution in [0.25, 0.3) is 11.2 Å². The Hall–Kier alpha value is -2.68. The van der Waals surface area contributed by atoms with Crippen LogP contribution in [0.2, 0.25) is 0 Å². The lowest BCUT2D eigenvalue weighted by atomic mass is 10.1. The molecule has 0 aliphatic carbocycles. The molecule has 2 heterocycles. The highest BCUT2D eigenvalue weighted by molar-refractivity contribution is 9.10. The van der Waals surface area contributed by atoms with E-state index in [2.05, 4.69) is 42.8 Å². The zero-order valence-corrected chi connectivity index (χ0v) is 15.8. The van der Waals surface area contributed by atoms with Crippen LogP contribution in [-0.4, -0.2) is 30.5 Å². The van der Waals surface area contributed by atoms with Crippen molar-refractivity contribution in [1.29, 1.82) is 0 Å². The molecule has 4 N–H and O–H groups in total. The number of unbranched alkanes of at least 4 members (excludes halogenated alkanes) is 1. The Balaban J connectivity index is 1.99. The van der Waals surface area contributed by atoms with Crippen molar-refractivity contribution in [2.45, 2.75) is 32.7 Å². The number of halogens is 1. The minimum absolute atomic E-state index is 0.186. The van der Waals surface area contributed by atoms with Crippen molar-refractivity contribution >= 4 is 38.7 Å². The zero-order chi connectivity index (χ0) is 18.7. The van der Waals surface area contributed by atoms with Gasteiger partial charge in [0, 0.05) is 13.0 Å². The molecule has 0 aliphatic rings. The molecular formula is C17H19BrN6O2. The van der Waals surface area contributed by atoms with Crippen LogP contribution in [-0.2, 0) is 13.0 Å². The Morgan fingerprint density at radius 1 is 1.35 bits per heavy atom. The number of fused-ring (bicyclic) bond motifs is 1. The highest BCUT2D eigenvalue weighted by atomic mass is 79.9. The predicted octanol–water partition coefficient (Wildman–Crippen LogP) is 2.62. The number of aromatic amines is 1. The molecule has 0 unspecified atom stereocenters. The standard InChI is InChI=1S/C17H19BrN6O2/c1-2-3-8-24-15-13(21-16(18)23-15)14(22-17(24)26)20-12(19)9-10-4-6-11(25)7-5-10/h4-7,25H,2-3,8-9H2,1H3,(H,21,23)(H2,19,20,22,26). The number of hydrogen-bond donors (Lipinski definition) is 3. The van der Waals surface area contributed by atoms with E-state index in [4.69, 9.17) is 5.73 Å². The quantitative estimate of drug-likeness (QED) is 0.322. The topological polar surface area (TPSA) is 122 Å². The van der Waals surface area contributed by atoms with Gasteiger partial charge in [0.25, 0.3) is 0 Å². The predicted molar refractivity (Wildman–Crippen MR) is 104 cm³/mol. The van der Waals surface area contributed by atoms with Crippen molar-refractivity contribution in [2.24, 2.45) is 10.7 Å². The van der Waals surface area contributed by atoms with Gasteiger partial charge in [0.1, 0.15) is 17.1 Å². The first kappa shape index (κ1) is 18.1. The summed E-state index contributed by atoms with van der Waals surface area (Å²) >= 11 is 3.30. The molecule has 0 radical (unpaired) electrons. The summed E-state index contributed by atoms with van der Waals surface area (Å²) in [7, 11) is 0. The molecule has 0 amide bonds. The molecule has 0 atom stereocenters. The summed E-state index contributed by atoms with van der Waals surface area (Å²) in [6, 6.07) is 6.69. The average molecular weight is 419 g/mol. The molecule has 3 aromatic rings. The second-order valence-corrected chi connectivity index (χ2v) is 6.65. The lowest BCUT2D eigenvalue weighted by molar-refractivity contribution is 0.475. The number of benzene rings is 1. The number of aliphatic imine (C=N–C) groups is 1. The summed E-state index contributed by atoms with van der Waals surface area (Å²) in [5.41, 5.74) is 7.58. The molecular weight excluding hydrogens is 400 g/mol. The molecule has 3 rings (SSSR count). The van der Waals surface area contributed by atoms with Gasteiger partial charge in [0.2, 0.25) is 0 Å². The average Bonchev–Trinajstić information content (AvgIpc) is 2.98. The number of rotatable bonds is 6. The first-order chi connectivity index (χ1) is 12.5. The van der Waals surface area contributed by atoms with Gasteiger partial charge in [-0.25, -0.2) is 14.8 Å².